The highest BCUT2D eigenvalue weighted by atomic mass is 19.4. The predicted molar refractivity (Wildman–Crippen MR) is 71.9 cm³/mol. The number of aromatic nitrogens is 2. The molecule has 0 bridgehead atoms. The number of carbonyl (C=O) groups is 1. The summed E-state index contributed by atoms with van der Waals surface area (Å²) >= 11 is 0. The van der Waals surface area contributed by atoms with Crippen LogP contribution in [-0.4, -0.2) is 46.5 Å². The Morgan fingerprint density at radius 2 is 2.18 bits per heavy atom. The molecular formula is C13H20F3N3O3. The first-order chi connectivity index (χ1) is 10.2. The van der Waals surface area contributed by atoms with Crippen molar-refractivity contribution in [2.75, 3.05) is 13.7 Å². The molecule has 0 aliphatic rings. The van der Waals surface area contributed by atoms with Crippen molar-refractivity contribution < 1.29 is 27.8 Å². The molecule has 1 heterocycles. The van der Waals surface area contributed by atoms with Crippen LogP contribution in [0.1, 0.15) is 25.6 Å². The van der Waals surface area contributed by atoms with Crippen LogP contribution in [0, 0.1) is 0 Å². The number of methoxy groups -OCH3 is 1. The van der Waals surface area contributed by atoms with E-state index in [0.29, 0.717) is 6.42 Å². The number of rotatable bonds is 7. The highest BCUT2D eigenvalue weighted by Crippen LogP contribution is 2.40. The lowest BCUT2D eigenvalue weighted by Gasteiger charge is -2.30. The molecule has 1 aromatic heterocycles. The maximum Gasteiger partial charge on any atom is 0.425 e. The van der Waals surface area contributed by atoms with Crippen LogP contribution in [0.4, 0.5) is 13.2 Å². The Morgan fingerprint density at radius 1 is 1.55 bits per heavy atom. The Hall–Kier alpha value is -1.61. The molecule has 0 aliphatic carbocycles. The summed E-state index contributed by atoms with van der Waals surface area (Å²) in [6.07, 6.45) is -3.31. The van der Waals surface area contributed by atoms with Crippen molar-refractivity contribution in [3.8, 4) is 0 Å². The second kappa shape index (κ2) is 7.10. The zero-order valence-corrected chi connectivity index (χ0v) is 12.6. The van der Waals surface area contributed by atoms with Gasteiger partial charge in [-0.05, 0) is 6.42 Å². The van der Waals surface area contributed by atoms with Crippen LogP contribution in [0.2, 0.25) is 0 Å². The minimum atomic E-state index is -5.04. The average Bonchev–Trinajstić information content (AvgIpc) is 2.83. The monoisotopic (exact) mass is 323 g/mol. The second-order valence-electron chi connectivity index (χ2n) is 5.02. The van der Waals surface area contributed by atoms with E-state index in [0.717, 1.165) is 10.8 Å². The smallest absolute Gasteiger partial charge is 0.383 e. The van der Waals surface area contributed by atoms with E-state index in [-0.39, 0.29) is 6.61 Å². The van der Waals surface area contributed by atoms with Crippen LogP contribution in [0.5, 0.6) is 0 Å². The van der Waals surface area contributed by atoms with Gasteiger partial charge in [0.25, 0.3) is 0 Å². The Labute approximate surface area is 126 Å². The number of hydrogen-bond acceptors (Lipinski definition) is 4. The number of halogens is 3. The van der Waals surface area contributed by atoms with Crippen molar-refractivity contribution in [2.45, 2.75) is 37.6 Å². The fraction of sp³-hybridized carbons (Fsp3) is 0.692. The highest BCUT2D eigenvalue weighted by molar-refractivity contribution is 5.77. The number of imidazole rings is 1. The standard InChI is InChI=1S/C13H20F3N3O3/c1-4-9(8-22-3)18-10(20)7-12(21,13(14,15)16)11-17-5-6-19(11)2/h5-6,9,21H,4,7-8H2,1-3H3,(H,18,20). The van der Waals surface area contributed by atoms with Crippen LogP contribution in [-0.2, 0) is 22.2 Å². The van der Waals surface area contributed by atoms with Crippen LogP contribution in [0.25, 0.3) is 0 Å². The molecule has 22 heavy (non-hydrogen) atoms. The normalized spacial score (nSPS) is 16.1. The van der Waals surface area contributed by atoms with Crippen molar-refractivity contribution in [3.63, 3.8) is 0 Å². The molecule has 2 atom stereocenters. The van der Waals surface area contributed by atoms with Gasteiger partial charge in [0.15, 0.2) is 5.82 Å². The van der Waals surface area contributed by atoms with E-state index in [2.05, 4.69) is 10.3 Å². The summed E-state index contributed by atoms with van der Waals surface area (Å²) in [6, 6.07) is -0.420. The molecular weight excluding hydrogens is 303 g/mol. The number of aliphatic hydroxyl groups is 1. The maximum atomic E-state index is 13.3. The number of alkyl halides is 3. The van der Waals surface area contributed by atoms with E-state index in [9.17, 15) is 23.1 Å². The van der Waals surface area contributed by atoms with Crippen molar-refractivity contribution in [1.82, 2.24) is 14.9 Å². The van der Waals surface area contributed by atoms with Crippen molar-refractivity contribution >= 4 is 5.91 Å². The first kappa shape index (κ1) is 18.4. The van der Waals surface area contributed by atoms with E-state index in [1.54, 1.807) is 6.92 Å². The number of ether oxygens (including phenoxy) is 1. The van der Waals surface area contributed by atoms with Gasteiger partial charge in [0.05, 0.1) is 19.1 Å². The molecule has 0 saturated carbocycles. The molecule has 1 amide bonds. The van der Waals surface area contributed by atoms with Crippen LogP contribution < -0.4 is 5.32 Å². The van der Waals surface area contributed by atoms with Crippen molar-refractivity contribution in [3.05, 3.63) is 18.2 Å². The summed E-state index contributed by atoms with van der Waals surface area (Å²) in [4.78, 5) is 15.4. The first-order valence-electron chi connectivity index (χ1n) is 6.71. The van der Waals surface area contributed by atoms with E-state index in [1.165, 1.54) is 20.4 Å². The van der Waals surface area contributed by atoms with E-state index in [4.69, 9.17) is 4.74 Å². The van der Waals surface area contributed by atoms with Gasteiger partial charge in [-0.25, -0.2) is 4.98 Å². The highest BCUT2D eigenvalue weighted by Gasteiger charge is 2.58. The number of aryl methyl sites for hydroxylation is 1. The largest absolute Gasteiger partial charge is 0.425 e. The number of nitrogens with one attached hydrogen (secondary N) is 1. The van der Waals surface area contributed by atoms with Gasteiger partial charge in [-0.2, -0.15) is 13.2 Å². The molecule has 126 valence electrons. The third-order valence-corrected chi connectivity index (χ3v) is 3.30. The zero-order chi connectivity index (χ0) is 17.0. The predicted octanol–water partition coefficient (Wildman–Crippen LogP) is 1.10. The summed E-state index contributed by atoms with van der Waals surface area (Å²) in [5.74, 6) is -1.55. The minimum absolute atomic E-state index is 0.176. The fourth-order valence-electron chi connectivity index (χ4n) is 2.04. The molecule has 2 unspecified atom stereocenters. The molecule has 9 heteroatoms. The van der Waals surface area contributed by atoms with E-state index in [1.807, 2.05) is 0 Å². The van der Waals surface area contributed by atoms with E-state index >= 15 is 0 Å². The number of nitrogens with zero attached hydrogens (tertiary/aromatic N) is 2. The van der Waals surface area contributed by atoms with Crippen molar-refractivity contribution in [1.29, 1.82) is 0 Å². The lowest BCUT2D eigenvalue weighted by Crippen LogP contribution is -2.49. The number of hydrogen-bond donors (Lipinski definition) is 2. The van der Waals surface area contributed by atoms with Gasteiger partial charge < -0.3 is 19.7 Å². The molecule has 0 aliphatic heterocycles. The molecule has 1 rings (SSSR count). The molecule has 0 spiro atoms. The molecule has 1 aromatic rings. The van der Waals surface area contributed by atoms with Crippen LogP contribution in [0.15, 0.2) is 12.4 Å². The first-order valence-corrected chi connectivity index (χ1v) is 6.71. The molecule has 0 aromatic carbocycles. The SMILES string of the molecule is CCC(COC)NC(=O)CC(O)(c1nccn1C)C(F)(F)F. The maximum absolute atomic E-state index is 13.3. The molecule has 6 nitrogen and oxygen atoms in total. The summed E-state index contributed by atoms with van der Waals surface area (Å²) in [5.41, 5.74) is -3.35. The molecule has 0 saturated heterocycles. The van der Waals surface area contributed by atoms with Gasteiger partial charge in [0.1, 0.15) is 0 Å². The van der Waals surface area contributed by atoms with Gasteiger partial charge in [-0.15, -0.1) is 0 Å². The third-order valence-electron chi connectivity index (χ3n) is 3.30. The summed E-state index contributed by atoms with van der Waals surface area (Å²) in [7, 11) is 2.74. The lowest BCUT2D eigenvalue weighted by molar-refractivity contribution is -0.271. The summed E-state index contributed by atoms with van der Waals surface area (Å²) in [5, 5.41) is 12.5. The topological polar surface area (TPSA) is 76.4 Å². The molecule has 2 N–H and O–H groups in total. The zero-order valence-electron chi connectivity index (χ0n) is 12.6. The summed E-state index contributed by atoms with van der Waals surface area (Å²) in [6.45, 7) is 1.94. The summed E-state index contributed by atoms with van der Waals surface area (Å²) < 4.78 is 45.7. The third kappa shape index (κ3) is 3.98. The van der Waals surface area contributed by atoms with Gasteiger partial charge in [-0.3, -0.25) is 4.79 Å². The minimum Gasteiger partial charge on any atom is -0.383 e. The quantitative estimate of drug-likeness (QED) is 0.788. The Morgan fingerprint density at radius 3 is 2.59 bits per heavy atom. The van der Waals surface area contributed by atoms with Gasteiger partial charge in [0.2, 0.25) is 11.5 Å². The van der Waals surface area contributed by atoms with Crippen LogP contribution >= 0.6 is 0 Å². The number of amides is 1. The Kier molecular flexibility index (Phi) is 5.95. The second-order valence-corrected chi connectivity index (χ2v) is 5.02. The van der Waals surface area contributed by atoms with Gasteiger partial charge in [0, 0.05) is 26.6 Å². The van der Waals surface area contributed by atoms with E-state index < -0.39 is 36.0 Å². The molecule has 0 radical (unpaired) electrons. The van der Waals surface area contributed by atoms with Gasteiger partial charge >= 0.3 is 6.18 Å². The lowest BCUT2D eigenvalue weighted by atomic mass is 9.97. The fourth-order valence-corrected chi connectivity index (χ4v) is 2.04. The Bertz CT molecular complexity index is 504. The Balaban J connectivity index is 2.97. The van der Waals surface area contributed by atoms with Crippen LogP contribution in [0.3, 0.4) is 0 Å². The van der Waals surface area contributed by atoms with Crippen molar-refractivity contribution in [2.24, 2.45) is 7.05 Å². The van der Waals surface area contributed by atoms with Gasteiger partial charge in [-0.1, -0.05) is 6.92 Å². The molecule has 0 fully saturated rings. The average molecular weight is 323 g/mol. The number of carbonyl (C=O) groups excluding carboxylic acids is 1.